The van der Waals surface area contributed by atoms with E-state index < -0.39 is 29.0 Å². The van der Waals surface area contributed by atoms with Crippen LogP contribution in [0.5, 0.6) is 0 Å². The summed E-state index contributed by atoms with van der Waals surface area (Å²) in [5.74, 6) is -1.15. The Balaban J connectivity index is 2.48. The largest absolute Gasteiger partial charge is 0.444 e. The summed E-state index contributed by atoms with van der Waals surface area (Å²) < 4.78 is 18.0. The molecule has 0 saturated carbocycles. The van der Waals surface area contributed by atoms with Crippen molar-refractivity contribution >= 4 is 17.8 Å². The first-order valence-corrected chi connectivity index (χ1v) is 7.95. The van der Waals surface area contributed by atoms with E-state index in [1.165, 1.54) is 24.3 Å². The second-order valence-electron chi connectivity index (χ2n) is 7.39. The summed E-state index contributed by atoms with van der Waals surface area (Å²) in [6.07, 6.45) is -0.643. The molecule has 25 heavy (non-hydrogen) atoms. The van der Waals surface area contributed by atoms with E-state index in [0.717, 1.165) is 0 Å². The van der Waals surface area contributed by atoms with Crippen LogP contribution >= 0.6 is 0 Å². The molecule has 0 aromatic heterocycles. The Morgan fingerprint density at radius 2 is 1.60 bits per heavy atom. The summed E-state index contributed by atoms with van der Waals surface area (Å²) in [6, 6.07) is 5.08. The SMILES string of the molecule is CC(C)(CC(=O)NCC(=O)c1ccc(F)cc1)NC(=O)OC(C)(C)C. The molecule has 0 aliphatic carbocycles. The zero-order chi connectivity index (χ0) is 19.3. The van der Waals surface area contributed by atoms with Gasteiger partial charge in [-0.2, -0.15) is 0 Å². The van der Waals surface area contributed by atoms with Crippen LogP contribution in [0.2, 0.25) is 0 Å². The molecule has 0 heterocycles. The van der Waals surface area contributed by atoms with Gasteiger partial charge in [0.2, 0.25) is 5.91 Å². The molecule has 0 saturated heterocycles. The lowest BCUT2D eigenvalue weighted by Crippen LogP contribution is -2.48. The first kappa shape index (κ1) is 20.6. The predicted octanol–water partition coefficient (Wildman–Crippen LogP) is 2.82. The number of halogens is 1. The van der Waals surface area contributed by atoms with E-state index in [0.29, 0.717) is 5.56 Å². The quantitative estimate of drug-likeness (QED) is 0.771. The van der Waals surface area contributed by atoms with Gasteiger partial charge in [0.05, 0.1) is 6.54 Å². The van der Waals surface area contributed by atoms with Crippen LogP contribution in [0, 0.1) is 5.82 Å². The number of ketones is 1. The van der Waals surface area contributed by atoms with Gasteiger partial charge in [-0.15, -0.1) is 0 Å². The Morgan fingerprint density at radius 1 is 1.04 bits per heavy atom. The third-order valence-corrected chi connectivity index (χ3v) is 3.05. The molecule has 1 rings (SSSR count). The summed E-state index contributed by atoms with van der Waals surface area (Å²) in [6.45, 7) is 8.39. The normalized spacial score (nSPS) is 11.6. The van der Waals surface area contributed by atoms with Crippen molar-refractivity contribution in [2.24, 2.45) is 0 Å². The molecule has 1 aromatic rings. The van der Waals surface area contributed by atoms with Crippen LogP contribution in [0.15, 0.2) is 24.3 Å². The molecular formula is C18H25FN2O4. The Hall–Kier alpha value is -2.44. The van der Waals surface area contributed by atoms with Crippen molar-refractivity contribution in [2.75, 3.05) is 6.54 Å². The lowest BCUT2D eigenvalue weighted by atomic mass is 10.0. The molecule has 2 amide bonds. The molecule has 7 heteroatoms. The van der Waals surface area contributed by atoms with Crippen LogP contribution in [-0.2, 0) is 9.53 Å². The Bertz CT molecular complexity index is 633. The van der Waals surface area contributed by atoms with Gasteiger partial charge in [-0.3, -0.25) is 9.59 Å². The molecule has 0 aliphatic rings. The first-order valence-electron chi connectivity index (χ1n) is 7.95. The minimum Gasteiger partial charge on any atom is -0.444 e. The highest BCUT2D eigenvalue weighted by atomic mass is 19.1. The van der Waals surface area contributed by atoms with Crippen LogP contribution in [0.25, 0.3) is 0 Å². The van der Waals surface area contributed by atoms with Gasteiger partial charge < -0.3 is 15.4 Å². The van der Waals surface area contributed by atoms with Crippen LogP contribution in [-0.4, -0.2) is 35.5 Å². The van der Waals surface area contributed by atoms with Crippen molar-refractivity contribution in [3.8, 4) is 0 Å². The standard InChI is InChI=1S/C18H25FN2O4/c1-17(2,3)25-16(24)21-18(4,5)10-15(23)20-11-14(22)12-6-8-13(19)9-7-12/h6-9H,10-11H2,1-5H3,(H,20,23)(H,21,24). The van der Waals surface area contributed by atoms with Crippen LogP contribution in [0.1, 0.15) is 51.4 Å². The number of hydrogen-bond acceptors (Lipinski definition) is 4. The van der Waals surface area contributed by atoms with E-state index in [9.17, 15) is 18.8 Å². The fourth-order valence-corrected chi connectivity index (χ4v) is 2.00. The second kappa shape index (κ2) is 8.09. The number of carbonyl (C=O) groups excluding carboxylic acids is 3. The average molecular weight is 352 g/mol. The van der Waals surface area contributed by atoms with Gasteiger partial charge in [0.25, 0.3) is 0 Å². The molecule has 6 nitrogen and oxygen atoms in total. The molecule has 0 unspecified atom stereocenters. The van der Waals surface area contributed by atoms with Crippen LogP contribution < -0.4 is 10.6 Å². The maximum absolute atomic E-state index is 12.8. The topological polar surface area (TPSA) is 84.5 Å². The maximum Gasteiger partial charge on any atom is 0.408 e. The molecule has 138 valence electrons. The smallest absolute Gasteiger partial charge is 0.408 e. The summed E-state index contributed by atoms with van der Waals surface area (Å²) in [5, 5.41) is 5.12. The van der Waals surface area contributed by atoms with E-state index in [2.05, 4.69) is 10.6 Å². The van der Waals surface area contributed by atoms with Gasteiger partial charge >= 0.3 is 6.09 Å². The summed E-state index contributed by atoms with van der Waals surface area (Å²) in [7, 11) is 0. The molecule has 0 aliphatic heterocycles. The molecule has 2 N–H and O–H groups in total. The van der Waals surface area contributed by atoms with Crippen molar-refractivity contribution in [2.45, 2.75) is 52.2 Å². The van der Waals surface area contributed by atoms with E-state index in [1.807, 2.05) is 0 Å². The number of amides is 2. The number of Topliss-reactive ketones (excluding diaryl/α,β-unsaturated/α-hetero) is 1. The van der Waals surface area contributed by atoms with E-state index in [-0.39, 0.29) is 18.7 Å². The predicted molar refractivity (Wildman–Crippen MR) is 91.8 cm³/mol. The Morgan fingerprint density at radius 3 is 2.12 bits per heavy atom. The highest BCUT2D eigenvalue weighted by Gasteiger charge is 2.27. The van der Waals surface area contributed by atoms with Gasteiger partial charge in [0, 0.05) is 17.5 Å². The molecular weight excluding hydrogens is 327 g/mol. The number of ether oxygens (including phenoxy) is 1. The van der Waals surface area contributed by atoms with Gasteiger partial charge in [0.15, 0.2) is 5.78 Å². The summed E-state index contributed by atoms with van der Waals surface area (Å²) in [4.78, 5) is 35.7. The number of hydrogen-bond donors (Lipinski definition) is 2. The van der Waals surface area contributed by atoms with Gasteiger partial charge in [0.1, 0.15) is 11.4 Å². The monoisotopic (exact) mass is 352 g/mol. The third kappa shape index (κ3) is 8.28. The molecule has 0 atom stereocenters. The van der Waals surface area contributed by atoms with Crippen molar-refractivity contribution in [3.05, 3.63) is 35.6 Å². The van der Waals surface area contributed by atoms with Gasteiger partial charge in [-0.1, -0.05) is 0 Å². The Labute approximate surface area is 147 Å². The number of carbonyl (C=O) groups is 3. The molecule has 1 aromatic carbocycles. The molecule has 0 radical (unpaired) electrons. The first-order chi connectivity index (χ1) is 11.4. The second-order valence-corrected chi connectivity index (χ2v) is 7.39. The summed E-state index contributed by atoms with van der Waals surface area (Å²) >= 11 is 0. The third-order valence-electron chi connectivity index (χ3n) is 3.05. The fourth-order valence-electron chi connectivity index (χ4n) is 2.00. The van der Waals surface area contributed by atoms with Crippen molar-refractivity contribution in [3.63, 3.8) is 0 Å². The van der Waals surface area contributed by atoms with Crippen molar-refractivity contribution in [1.29, 1.82) is 0 Å². The van der Waals surface area contributed by atoms with Gasteiger partial charge in [-0.25, -0.2) is 9.18 Å². The highest BCUT2D eigenvalue weighted by Crippen LogP contribution is 2.12. The van der Waals surface area contributed by atoms with Crippen molar-refractivity contribution < 1.29 is 23.5 Å². The van der Waals surface area contributed by atoms with E-state index >= 15 is 0 Å². The maximum atomic E-state index is 12.8. The number of rotatable bonds is 6. The zero-order valence-corrected chi connectivity index (χ0v) is 15.2. The molecule has 0 fully saturated rings. The summed E-state index contributed by atoms with van der Waals surface area (Å²) in [5.41, 5.74) is -1.16. The van der Waals surface area contributed by atoms with Crippen LogP contribution in [0.4, 0.5) is 9.18 Å². The lowest BCUT2D eigenvalue weighted by molar-refractivity contribution is -0.122. The minimum absolute atomic E-state index is 0.0249. The van der Waals surface area contributed by atoms with Crippen molar-refractivity contribution in [1.82, 2.24) is 10.6 Å². The fraction of sp³-hybridized carbons (Fsp3) is 0.500. The van der Waals surface area contributed by atoms with Crippen LogP contribution in [0.3, 0.4) is 0 Å². The number of benzene rings is 1. The molecule has 0 bridgehead atoms. The minimum atomic E-state index is -0.842. The van der Waals surface area contributed by atoms with E-state index in [4.69, 9.17) is 4.74 Å². The lowest BCUT2D eigenvalue weighted by Gasteiger charge is -2.28. The van der Waals surface area contributed by atoms with E-state index in [1.54, 1.807) is 34.6 Å². The Kier molecular flexibility index (Phi) is 6.67. The van der Waals surface area contributed by atoms with Gasteiger partial charge in [-0.05, 0) is 58.9 Å². The number of alkyl carbamates (subject to hydrolysis) is 1. The number of nitrogens with one attached hydrogen (secondary N) is 2. The average Bonchev–Trinajstić information content (AvgIpc) is 2.42. The highest BCUT2D eigenvalue weighted by molar-refractivity contribution is 5.99. The zero-order valence-electron chi connectivity index (χ0n) is 15.2. The molecule has 0 spiro atoms.